The third-order valence-electron chi connectivity index (χ3n) is 2.02. The maximum atomic E-state index is 9.83. The van der Waals surface area contributed by atoms with Gasteiger partial charge in [0.1, 0.15) is 11.7 Å². The van der Waals surface area contributed by atoms with Gasteiger partial charge in [-0.05, 0) is 6.07 Å². The van der Waals surface area contributed by atoms with Crippen LogP contribution in [-0.4, -0.2) is 18.2 Å². The summed E-state index contributed by atoms with van der Waals surface area (Å²) >= 11 is 1.44. The van der Waals surface area contributed by atoms with Crippen LogP contribution in [0.15, 0.2) is 11.4 Å². The number of β-amino-alcohol motifs (C(OH)–C–C–N with tert-alkyl or cyclic N) is 1. The van der Waals surface area contributed by atoms with Crippen LogP contribution in [0.4, 0.5) is 0 Å². The summed E-state index contributed by atoms with van der Waals surface area (Å²) in [5.41, 5.74) is -0.0740. The molecule has 0 spiro atoms. The van der Waals surface area contributed by atoms with Crippen LogP contribution in [0.25, 0.3) is 0 Å². The van der Waals surface area contributed by atoms with E-state index in [1.54, 1.807) is 11.4 Å². The number of hydrogen-bond donors (Lipinski definition) is 2. The van der Waals surface area contributed by atoms with Gasteiger partial charge in [0.2, 0.25) is 0 Å². The van der Waals surface area contributed by atoms with Crippen LogP contribution in [0.1, 0.15) is 10.4 Å². The van der Waals surface area contributed by atoms with E-state index in [1.807, 2.05) is 6.07 Å². The number of nitriles is 1. The summed E-state index contributed by atoms with van der Waals surface area (Å²) < 4.78 is 0. The third kappa shape index (κ3) is 1.03. The molecule has 1 aromatic rings. The minimum Gasteiger partial charge on any atom is -0.382 e. The van der Waals surface area contributed by atoms with Crippen molar-refractivity contribution in [3.05, 3.63) is 21.9 Å². The number of rotatable bonds is 1. The first-order valence-corrected chi connectivity index (χ1v) is 4.55. The molecule has 1 saturated heterocycles. The lowest BCUT2D eigenvalue weighted by Crippen LogP contribution is -2.56. The fourth-order valence-electron chi connectivity index (χ4n) is 1.17. The number of nitrogens with one attached hydrogen (secondary N) is 1. The Morgan fingerprint density at radius 2 is 2.42 bits per heavy atom. The van der Waals surface area contributed by atoms with Crippen molar-refractivity contribution < 1.29 is 5.11 Å². The largest absolute Gasteiger partial charge is 0.382 e. The minimum absolute atomic E-state index is 0.596. The first kappa shape index (κ1) is 7.74. The Morgan fingerprint density at radius 1 is 1.67 bits per heavy atom. The molecule has 1 aliphatic heterocycles. The molecule has 1 aliphatic rings. The van der Waals surface area contributed by atoms with Gasteiger partial charge in [-0.1, -0.05) is 0 Å². The Labute approximate surface area is 74.3 Å². The van der Waals surface area contributed by atoms with E-state index in [4.69, 9.17) is 5.26 Å². The Hall–Kier alpha value is -0.890. The van der Waals surface area contributed by atoms with Gasteiger partial charge >= 0.3 is 0 Å². The van der Waals surface area contributed by atoms with E-state index in [-0.39, 0.29) is 0 Å². The van der Waals surface area contributed by atoms with Gasteiger partial charge in [0, 0.05) is 23.3 Å². The lowest BCUT2D eigenvalue weighted by molar-refractivity contribution is -0.0112. The number of nitrogens with zero attached hydrogens (tertiary/aromatic N) is 1. The Kier molecular flexibility index (Phi) is 1.65. The average Bonchev–Trinajstić information content (AvgIpc) is 2.48. The Morgan fingerprint density at radius 3 is 2.83 bits per heavy atom. The van der Waals surface area contributed by atoms with E-state index >= 15 is 0 Å². The molecule has 0 unspecified atom stereocenters. The van der Waals surface area contributed by atoms with E-state index in [0.29, 0.717) is 18.7 Å². The van der Waals surface area contributed by atoms with Crippen LogP contribution in [0.5, 0.6) is 0 Å². The zero-order valence-electron chi connectivity index (χ0n) is 6.37. The van der Waals surface area contributed by atoms with Gasteiger partial charge < -0.3 is 10.4 Å². The first-order chi connectivity index (χ1) is 5.74. The van der Waals surface area contributed by atoms with Crippen molar-refractivity contribution in [2.45, 2.75) is 5.60 Å². The van der Waals surface area contributed by atoms with E-state index in [1.165, 1.54) is 11.3 Å². The van der Waals surface area contributed by atoms with Gasteiger partial charge in [-0.25, -0.2) is 0 Å². The molecule has 4 heteroatoms. The number of aliphatic hydroxyl groups is 1. The van der Waals surface area contributed by atoms with Crippen molar-refractivity contribution in [3.63, 3.8) is 0 Å². The van der Waals surface area contributed by atoms with Crippen LogP contribution >= 0.6 is 11.3 Å². The highest BCUT2D eigenvalue weighted by Gasteiger charge is 2.37. The van der Waals surface area contributed by atoms with Gasteiger partial charge in [0.15, 0.2) is 0 Å². The van der Waals surface area contributed by atoms with E-state index in [2.05, 4.69) is 5.32 Å². The van der Waals surface area contributed by atoms with Gasteiger partial charge in [-0.2, -0.15) is 5.26 Å². The highest BCUT2D eigenvalue weighted by Crippen LogP contribution is 2.30. The van der Waals surface area contributed by atoms with Crippen molar-refractivity contribution in [2.75, 3.05) is 13.1 Å². The maximum Gasteiger partial charge on any atom is 0.123 e. The topological polar surface area (TPSA) is 56.0 Å². The van der Waals surface area contributed by atoms with Crippen LogP contribution in [0, 0.1) is 11.3 Å². The fourth-order valence-corrected chi connectivity index (χ4v) is 2.11. The predicted molar refractivity (Wildman–Crippen MR) is 45.8 cm³/mol. The van der Waals surface area contributed by atoms with Crippen molar-refractivity contribution in [3.8, 4) is 6.07 Å². The lowest BCUT2D eigenvalue weighted by Gasteiger charge is -2.36. The molecule has 0 atom stereocenters. The molecule has 0 saturated carbocycles. The molecular formula is C8H8N2OS. The average molecular weight is 180 g/mol. The zero-order chi connectivity index (χ0) is 8.60. The Bertz CT molecular complexity index is 335. The van der Waals surface area contributed by atoms with E-state index in [9.17, 15) is 5.11 Å². The first-order valence-electron chi connectivity index (χ1n) is 3.67. The molecule has 2 N–H and O–H groups in total. The minimum atomic E-state index is -0.709. The second-order valence-corrected chi connectivity index (χ2v) is 3.86. The van der Waals surface area contributed by atoms with E-state index in [0.717, 1.165) is 4.88 Å². The lowest BCUT2D eigenvalue weighted by atomic mass is 9.95. The molecule has 3 nitrogen and oxygen atoms in total. The summed E-state index contributed by atoms with van der Waals surface area (Å²) in [6.07, 6.45) is 0. The molecule has 62 valence electrons. The molecule has 0 aliphatic carbocycles. The predicted octanol–water partition coefficient (Wildman–Crippen LogP) is 0.411. The molecule has 2 heterocycles. The number of hydrogen-bond acceptors (Lipinski definition) is 4. The second-order valence-electron chi connectivity index (χ2n) is 2.95. The molecular weight excluding hydrogens is 172 g/mol. The summed E-state index contributed by atoms with van der Waals surface area (Å²) in [4.78, 5) is 0.887. The smallest absolute Gasteiger partial charge is 0.123 e. The van der Waals surface area contributed by atoms with Crippen LogP contribution in [-0.2, 0) is 5.60 Å². The van der Waals surface area contributed by atoms with Gasteiger partial charge in [-0.15, -0.1) is 11.3 Å². The molecule has 1 fully saturated rings. The SMILES string of the molecule is N#Cc1csc(C2(O)CNC2)c1. The normalized spacial score (nSPS) is 19.7. The maximum absolute atomic E-state index is 9.83. The standard InChI is InChI=1S/C8H8N2OS/c9-2-6-1-7(12-3-6)8(11)4-10-5-8/h1,3,10-11H,4-5H2. The monoisotopic (exact) mass is 180 g/mol. The van der Waals surface area contributed by atoms with Crippen LogP contribution in [0.2, 0.25) is 0 Å². The van der Waals surface area contributed by atoms with Crippen molar-refractivity contribution >= 4 is 11.3 Å². The number of thiophene rings is 1. The summed E-state index contributed by atoms with van der Waals surface area (Å²) in [6.45, 7) is 1.19. The molecule has 1 aromatic heterocycles. The van der Waals surface area contributed by atoms with Crippen LogP contribution < -0.4 is 5.32 Å². The molecule has 2 rings (SSSR count). The fraction of sp³-hybridized carbons (Fsp3) is 0.375. The Balaban J connectivity index is 2.29. The van der Waals surface area contributed by atoms with Crippen molar-refractivity contribution in [1.82, 2.24) is 5.32 Å². The van der Waals surface area contributed by atoms with Gasteiger partial charge in [-0.3, -0.25) is 0 Å². The van der Waals surface area contributed by atoms with Crippen molar-refractivity contribution in [1.29, 1.82) is 5.26 Å². The second kappa shape index (κ2) is 2.56. The summed E-state index contributed by atoms with van der Waals surface area (Å²) in [5, 5.41) is 23.2. The zero-order valence-corrected chi connectivity index (χ0v) is 7.19. The molecule has 0 radical (unpaired) electrons. The van der Waals surface area contributed by atoms with Gasteiger partial charge in [0.25, 0.3) is 0 Å². The quantitative estimate of drug-likeness (QED) is 0.658. The van der Waals surface area contributed by atoms with Gasteiger partial charge in [0.05, 0.1) is 5.56 Å². The third-order valence-corrected chi connectivity index (χ3v) is 3.15. The van der Waals surface area contributed by atoms with E-state index < -0.39 is 5.60 Å². The molecule has 0 aromatic carbocycles. The molecule has 12 heavy (non-hydrogen) atoms. The highest BCUT2D eigenvalue weighted by molar-refractivity contribution is 7.10. The summed E-state index contributed by atoms with van der Waals surface area (Å²) in [7, 11) is 0. The summed E-state index contributed by atoms with van der Waals surface area (Å²) in [5.74, 6) is 0. The molecule has 0 amide bonds. The highest BCUT2D eigenvalue weighted by atomic mass is 32.1. The summed E-state index contributed by atoms with van der Waals surface area (Å²) in [6, 6.07) is 3.80. The van der Waals surface area contributed by atoms with Crippen molar-refractivity contribution in [2.24, 2.45) is 0 Å². The molecule has 0 bridgehead atoms. The van der Waals surface area contributed by atoms with Crippen LogP contribution in [0.3, 0.4) is 0 Å².